The first-order valence-electron chi connectivity index (χ1n) is 7.47. The lowest BCUT2D eigenvalue weighted by molar-refractivity contribution is 0.284. The zero-order chi connectivity index (χ0) is 14.2. The molecule has 1 N–H and O–H groups in total. The van der Waals surface area contributed by atoms with Crippen LogP contribution >= 0.6 is 12.2 Å². The predicted molar refractivity (Wildman–Crippen MR) is 84.9 cm³/mol. The average Bonchev–Trinajstić information content (AvgIpc) is 2.97. The Morgan fingerprint density at radius 1 is 1.35 bits per heavy atom. The highest BCUT2D eigenvalue weighted by Gasteiger charge is 2.29. The van der Waals surface area contributed by atoms with Crippen LogP contribution in [0.2, 0.25) is 0 Å². The molecule has 2 aromatic rings. The Morgan fingerprint density at radius 3 is 2.80 bits per heavy atom. The van der Waals surface area contributed by atoms with Crippen molar-refractivity contribution in [2.24, 2.45) is 5.41 Å². The Morgan fingerprint density at radius 2 is 2.10 bits per heavy atom. The number of hydrogen-bond donors (Lipinski definition) is 1. The van der Waals surface area contributed by atoms with Gasteiger partial charge in [-0.25, -0.2) is 0 Å². The van der Waals surface area contributed by atoms with Crippen molar-refractivity contribution in [1.82, 2.24) is 9.55 Å². The van der Waals surface area contributed by atoms with Gasteiger partial charge >= 0.3 is 0 Å². The third-order valence-electron chi connectivity index (χ3n) is 4.42. The first kappa shape index (κ1) is 13.7. The second kappa shape index (κ2) is 5.24. The molecule has 108 valence electrons. The molecule has 1 aliphatic rings. The number of imidazole rings is 1. The van der Waals surface area contributed by atoms with E-state index >= 15 is 0 Å². The molecule has 1 aliphatic carbocycles. The third-order valence-corrected chi connectivity index (χ3v) is 4.74. The second-order valence-electron chi connectivity index (χ2n) is 6.12. The summed E-state index contributed by atoms with van der Waals surface area (Å²) in [5, 5.41) is 0. The minimum atomic E-state index is 0.384. The van der Waals surface area contributed by atoms with Crippen molar-refractivity contribution in [2.45, 2.75) is 46.1 Å². The van der Waals surface area contributed by atoms with Gasteiger partial charge in [0.15, 0.2) is 4.77 Å². The van der Waals surface area contributed by atoms with Crippen molar-refractivity contribution in [1.29, 1.82) is 0 Å². The third kappa shape index (κ3) is 2.37. The number of rotatable bonds is 4. The van der Waals surface area contributed by atoms with Gasteiger partial charge < -0.3 is 14.3 Å². The van der Waals surface area contributed by atoms with E-state index in [2.05, 4.69) is 22.5 Å². The Bertz CT molecular complexity index is 665. The molecule has 3 rings (SSSR count). The maximum Gasteiger partial charge on any atom is 0.178 e. The van der Waals surface area contributed by atoms with Gasteiger partial charge in [-0.15, -0.1) is 0 Å². The molecule has 0 aliphatic heterocycles. The van der Waals surface area contributed by atoms with Crippen LogP contribution < -0.4 is 4.74 Å². The summed E-state index contributed by atoms with van der Waals surface area (Å²) in [6.07, 6.45) is 5.28. The van der Waals surface area contributed by atoms with Crippen LogP contribution in [0, 0.1) is 10.2 Å². The molecule has 1 aromatic heterocycles. The van der Waals surface area contributed by atoms with Crippen molar-refractivity contribution in [3.05, 3.63) is 23.0 Å². The fourth-order valence-corrected chi connectivity index (χ4v) is 3.62. The van der Waals surface area contributed by atoms with Crippen LogP contribution in [-0.2, 0) is 6.54 Å². The van der Waals surface area contributed by atoms with Crippen molar-refractivity contribution in [3.63, 3.8) is 0 Å². The SMILES string of the molecule is CCOc1cccc2c1[nH]c(=S)n2CC1(C)CCCC1. The van der Waals surface area contributed by atoms with Crippen LogP contribution in [0.4, 0.5) is 0 Å². The van der Waals surface area contributed by atoms with Gasteiger partial charge in [0.2, 0.25) is 0 Å². The number of nitrogens with one attached hydrogen (secondary N) is 1. The van der Waals surface area contributed by atoms with Gasteiger partial charge in [-0.1, -0.05) is 25.8 Å². The lowest BCUT2D eigenvalue weighted by atomic mass is 9.89. The minimum Gasteiger partial charge on any atom is -0.492 e. The van der Waals surface area contributed by atoms with E-state index < -0.39 is 0 Å². The summed E-state index contributed by atoms with van der Waals surface area (Å²) in [6.45, 7) is 6.06. The van der Waals surface area contributed by atoms with Crippen molar-refractivity contribution in [2.75, 3.05) is 6.61 Å². The number of aromatic nitrogens is 2. The van der Waals surface area contributed by atoms with Crippen LogP contribution in [0.5, 0.6) is 5.75 Å². The summed E-state index contributed by atoms with van der Waals surface area (Å²) in [6, 6.07) is 6.17. The Kier molecular flexibility index (Phi) is 3.59. The molecule has 1 saturated carbocycles. The first-order chi connectivity index (χ1) is 9.63. The van der Waals surface area contributed by atoms with Crippen LogP contribution in [0.3, 0.4) is 0 Å². The summed E-state index contributed by atoms with van der Waals surface area (Å²) in [7, 11) is 0. The molecule has 0 bridgehead atoms. The normalized spacial score (nSPS) is 17.7. The first-order valence-corrected chi connectivity index (χ1v) is 7.88. The van der Waals surface area contributed by atoms with Gasteiger partial charge in [-0.3, -0.25) is 0 Å². The van der Waals surface area contributed by atoms with Crippen LogP contribution in [-0.4, -0.2) is 16.2 Å². The highest BCUT2D eigenvalue weighted by molar-refractivity contribution is 7.71. The highest BCUT2D eigenvalue weighted by Crippen LogP contribution is 2.40. The molecule has 0 radical (unpaired) electrons. The van der Waals surface area contributed by atoms with E-state index in [1.807, 2.05) is 19.1 Å². The average molecular weight is 290 g/mol. The van der Waals surface area contributed by atoms with E-state index in [-0.39, 0.29) is 0 Å². The molecule has 0 spiro atoms. The lowest BCUT2D eigenvalue weighted by Crippen LogP contribution is -2.19. The number of benzene rings is 1. The molecule has 0 saturated heterocycles. The van der Waals surface area contributed by atoms with E-state index in [4.69, 9.17) is 17.0 Å². The van der Waals surface area contributed by atoms with Gasteiger partial charge in [-0.05, 0) is 49.5 Å². The fraction of sp³-hybridized carbons (Fsp3) is 0.562. The van der Waals surface area contributed by atoms with E-state index in [0.29, 0.717) is 12.0 Å². The zero-order valence-electron chi connectivity index (χ0n) is 12.2. The fourth-order valence-electron chi connectivity index (χ4n) is 3.36. The molecule has 1 fully saturated rings. The van der Waals surface area contributed by atoms with Crippen LogP contribution in [0.25, 0.3) is 11.0 Å². The molecule has 1 aromatic carbocycles. The number of ether oxygens (including phenoxy) is 1. The summed E-state index contributed by atoms with van der Waals surface area (Å²) in [5.41, 5.74) is 2.57. The van der Waals surface area contributed by atoms with Gasteiger partial charge in [0, 0.05) is 6.54 Å². The predicted octanol–water partition coefficient (Wildman–Crippen LogP) is 4.68. The molecule has 0 atom stereocenters. The number of fused-ring (bicyclic) bond motifs is 1. The monoisotopic (exact) mass is 290 g/mol. The molecule has 1 heterocycles. The topological polar surface area (TPSA) is 29.9 Å². The van der Waals surface area contributed by atoms with Gasteiger partial charge in [0.1, 0.15) is 11.3 Å². The maximum absolute atomic E-state index is 5.69. The summed E-state index contributed by atoms with van der Waals surface area (Å²) < 4.78 is 8.75. The smallest absolute Gasteiger partial charge is 0.178 e. The van der Waals surface area contributed by atoms with Crippen molar-refractivity contribution in [3.8, 4) is 5.75 Å². The molecule has 20 heavy (non-hydrogen) atoms. The number of H-pyrrole nitrogens is 1. The lowest BCUT2D eigenvalue weighted by Gasteiger charge is -2.24. The second-order valence-corrected chi connectivity index (χ2v) is 6.50. The zero-order valence-corrected chi connectivity index (χ0v) is 13.1. The largest absolute Gasteiger partial charge is 0.492 e. The standard InChI is InChI=1S/C16H22N2OS/c1-3-19-13-8-6-7-12-14(13)17-15(20)18(12)11-16(2)9-4-5-10-16/h6-8H,3-5,9-11H2,1-2H3,(H,17,20). The molecular formula is C16H22N2OS. The molecular weight excluding hydrogens is 268 g/mol. The van der Waals surface area contributed by atoms with E-state index in [0.717, 1.165) is 28.1 Å². The molecule has 0 amide bonds. The van der Waals surface area contributed by atoms with E-state index in [9.17, 15) is 0 Å². The van der Waals surface area contributed by atoms with Gasteiger partial charge in [0.25, 0.3) is 0 Å². The van der Waals surface area contributed by atoms with Crippen molar-refractivity contribution >= 4 is 23.3 Å². The Hall–Kier alpha value is -1.29. The van der Waals surface area contributed by atoms with E-state index in [1.54, 1.807) is 0 Å². The summed E-state index contributed by atoms with van der Waals surface area (Å²) in [5.74, 6) is 0.895. The minimum absolute atomic E-state index is 0.384. The number of hydrogen-bond acceptors (Lipinski definition) is 2. The highest BCUT2D eigenvalue weighted by atomic mass is 32.1. The molecule has 0 unspecified atom stereocenters. The summed E-state index contributed by atoms with van der Waals surface area (Å²) >= 11 is 5.53. The number of nitrogens with zero attached hydrogens (tertiary/aromatic N) is 1. The Balaban J connectivity index is 2.05. The summed E-state index contributed by atoms with van der Waals surface area (Å²) in [4.78, 5) is 3.32. The number of aromatic amines is 1. The molecule has 3 nitrogen and oxygen atoms in total. The maximum atomic E-state index is 5.69. The van der Waals surface area contributed by atoms with Gasteiger partial charge in [0.05, 0.1) is 12.1 Å². The molecule has 4 heteroatoms. The van der Waals surface area contributed by atoms with Gasteiger partial charge in [-0.2, -0.15) is 0 Å². The van der Waals surface area contributed by atoms with E-state index in [1.165, 1.54) is 25.7 Å². The Labute approximate surface area is 125 Å². The van der Waals surface area contributed by atoms with Crippen molar-refractivity contribution < 1.29 is 4.74 Å². The quantitative estimate of drug-likeness (QED) is 0.829. The van der Waals surface area contributed by atoms with Crippen LogP contribution in [0.15, 0.2) is 18.2 Å². The number of para-hydroxylation sites is 1. The van der Waals surface area contributed by atoms with Crippen LogP contribution in [0.1, 0.15) is 39.5 Å².